The third-order valence-corrected chi connectivity index (χ3v) is 1.59. The molecule has 0 radical (unpaired) electrons. The van der Waals surface area contributed by atoms with E-state index < -0.39 is 0 Å². The van der Waals surface area contributed by atoms with Crippen molar-refractivity contribution in [2.45, 2.75) is 13.8 Å². The molecule has 0 aliphatic carbocycles. The number of nitrogens with zero attached hydrogens (tertiary/aromatic N) is 1. The van der Waals surface area contributed by atoms with Gasteiger partial charge >= 0.3 is 0 Å². The van der Waals surface area contributed by atoms with Crippen molar-refractivity contribution in [3.8, 4) is 0 Å². The monoisotopic (exact) mass is 125 g/mol. The Morgan fingerprint density at radius 1 is 1.56 bits per heavy atom. The molecule has 1 heterocycles. The maximum atomic E-state index is 11.1. The Hall–Kier alpha value is -0.790. The molecular weight excluding hydrogens is 114 g/mol. The summed E-state index contributed by atoms with van der Waals surface area (Å²) in [7, 11) is 1.77. The van der Waals surface area contributed by atoms with Crippen molar-refractivity contribution in [3.05, 3.63) is 12.3 Å². The molecule has 0 atom stereocenters. The smallest absolute Gasteiger partial charge is 0.235 e. The lowest BCUT2D eigenvalue weighted by molar-refractivity contribution is -0.132. The van der Waals surface area contributed by atoms with Gasteiger partial charge in [0.2, 0.25) is 5.91 Å². The SMILES string of the molecule is CN1C=CC(C)(C)C1=O. The molecule has 2 heteroatoms. The molecule has 9 heavy (non-hydrogen) atoms. The molecule has 0 fully saturated rings. The molecule has 0 saturated carbocycles. The van der Waals surface area contributed by atoms with E-state index in [1.165, 1.54) is 0 Å². The highest BCUT2D eigenvalue weighted by molar-refractivity contribution is 5.87. The van der Waals surface area contributed by atoms with E-state index in [9.17, 15) is 4.79 Å². The Balaban J connectivity index is 2.86. The van der Waals surface area contributed by atoms with Crippen LogP contribution < -0.4 is 0 Å². The zero-order valence-corrected chi connectivity index (χ0v) is 6.01. The van der Waals surface area contributed by atoms with Gasteiger partial charge in [0.15, 0.2) is 0 Å². The summed E-state index contributed by atoms with van der Waals surface area (Å²) in [6, 6.07) is 0. The van der Waals surface area contributed by atoms with Gasteiger partial charge in [-0.1, -0.05) is 6.08 Å². The fourth-order valence-corrected chi connectivity index (χ4v) is 0.892. The summed E-state index contributed by atoms with van der Waals surface area (Å²) in [6.07, 6.45) is 3.72. The van der Waals surface area contributed by atoms with Crippen molar-refractivity contribution in [3.63, 3.8) is 0 Å². The molecule has 0 aromatic rings. The summed E-state index contributed by atoms with van der Waals surface area (Å²) >= 11 is 0. The van der Waals surface area contributed by atoms with E-state index >= 15 is 0 Å². The lowest BCUT2D eigenvalue weighted by atomic mass is 9.95. The number of carbonyl (C=O) groups is 1. The highest BCUT2D eigenvalue weighted by Gasteiger charge is 2.31. The third-order valence-electron chi connectivity index (χ3n) is 1.59. The molecule has 0 aromatic carbocycles. The van der Waals surface area contributed by atoms with Gasteiger partial charge in [0, 0.05) is 13.2 Å². The van der Waals surface area contributed by atoms with Crippen molar-refractivity contribution < 1.29 is 4.79 Å². The molecule has 0 saturated heterocycles. The van der Waals surface area contributed by atoms with E-state index in [0.29, 0.717) is 0 Å². The Morgan fingerprint density at radius 3 is 2.22 bits per heavy atom. The second-order valence-electron chi connectivity index (χ2n) is 2.95. The van der Waals surface area contributed by atoms with Crippen LogP contribution in [0.1, 0.15) is 13.8 Å². The summed E-state index contributed by atoms with van der Waals surface area (Å²) in [5.74, 6) is 0.169. The molecule has 1 aliphatic heterocycles. The normalized spacial score (nSPS) is 23.4. The first-order valence-corrected chi connectivity index (χ1v) is 3.01. The number of hydrogen-bond donors (Lipinski definition) is 0. The van der Waals surface area contributed by atoms with Crippen LogP contribution in [0.3, 0.4) is 0 Å². The second-order valence-corrected chi connectivity index (χ2v) is 2.95. The summed E-state index contributed by atoms with van der Waals surface area (Å²) < 4.78 is 0. The predicted octanol–water partition coefficient (Wildman–Crippen LogP) is 0.998. The van der Waals surface area contributed by atoms with E-state index in [2.05, 4.69) is 0 Å². The van der Waals surface area contributed by atoms with E-state index in [1.807, 2.05) is 26.1 Å². The van der Waals surface area contributed by atoms with Crippen LogP contribution in [0, 0.1) is 5.41 Å². The highest BCUT2D eigenvalue weighted by atomic mass is 16.2. The van der Waals surface area contributed by atoms with Crippen molar-refractivity contribution in [1.82, 2.24) is 4.90 Å². The van der Waals surface area contributed by atoms with E-state index in [0.717, 1.165) is 0 Å². The lowest BCUT2D eigenvalue weighted by Gasteiger charge is -2.14. The minimum absolute atomic E-state index is 0.169. The maximum Gasteiger partial charge on any atom is 0.235 e. The summed E-state index contributed by atoms with van der Waals surface area (Å²) in [5, 5.41) is 0. The van der Waals surface area contributed by atoms with Crippen molar-refractivity contribution in [2.24, 2.45) is 5.41 Å². The fraction of sp³-hybridized carbons (Fsp3) is 0.571. The van der Waals surface area contributed by atoms with Gasteiger partial charge < -0.3 is 4.90 Å². The Labute approximate surface area is 55.2 Å². The van der Waals surface area contributed by atoms with Gasteiger partial charge in [0.1, 0.15) is 0 Å². The van der Waals surface area contributed by atoms with Gasteiger partial charge in [0.05, 0.1) is 5.41 Å². The van der Waals surface area contributed by atoms with Gasteiger partial charge in [-0.25, -0.2) is 0 Å². The first-order chi connectivity index (χ1) is 4.04. The summed E-state index contributed by atoms with van der Waals surface area (Å²) in [5.41, 5.74) is -0.269. The van der Waals surface area contributed by atoms with Crippen molar-refractivity contribution >= 4 is 5.91 Å². The molecule has 1 rings (SSSR count). The largest absolute Gasteiger partial charge is 0.322 e. The molecule has 1 aliphatic rings. The second kappa shape index (κ2) is 1.59. The summed E-state index contributed by atoms with van der Waals surface area (Å²) in [4.78, 5) is 12.7. The van der Waals surface area contributed by atoms with Crippen molar-refractivity contribution in [1.29, 1.82) is 0 Å². The van der Waals surface area contributed by atoms with Crippen LogP contribution in [0.5, 0.6) is 0 Å². The average Bonchev–Trinajstić information content (AvgIpc) is 1.97. The van der Waals surface area contributed by atoms with Crippen LogP contribution in [0.15, 0.2) is 12.3 Å². The van der Waals surface area contributed by atoms with E-state index in [1.54, 1.807) is 11.9 Å². The number of amides is 1. The van der Waals surface area contributed by atoms with Gasteiger partial charge in [0.25, 0.3) is 0 Å². The number of rotatable bonds is 0. The molecular formula is C7H11NO. The molecule has 50 valence electrons. The zero-order chi connectivity index (χ0) is 7.07. The number of hydrogen-bond acceptors (Lipinski definition) is 1. The quantitative estimate of drug-likeness (QED) is 0.473. The molecule has 0 spiro atoms. The van der Waals surface area contributed by atoms with Crippen molar-refractivity contribution in [2.75, 3.05) is 7.05 Å². The van der Waals surface area contributed by atoms with E-state index in [-0.39, 0.29) is 11.3 Å². The van der Waals surface area contributed by atoms with E-state index in [4.69, 9.17) is 0 Å². The summed E-state index contributed by atoms with van der Waals surface area (Å²) in [6.45, 7) is 3.82. The van der Waals surface area contributed by atoms with Gasteiger partial charge in [-0.05, 0) is 13.8 Å². The minimum Gasteiger partial charge on any atom is -0.322 e. The van der Waals surface area contributed by atoms with Gasteiger partial charge in [-0.15, -0.1) is 0 Å². The highest BCUT2D eigenvalue weighted by Crippen LogP contribution is 2.25. The molecule has 0 aromatic heterocycles. The fourth-order valence-electron chi connectivity index (χ4n) is 0.892. The van der Waals surface area contributed by atoms with Gasteiger partial charge in [-0.2, -0.15) is 0 Å². The molecule has 0 bridgehead atoms. The predicted molar refractivity (Wildman–Crippen MR) is 35.7 cm³/mol. The van der Waals surface area contributed by atoms with Crippen LogP contribution >= 0.6 is 0 Å². The van der Waals surface area contributed by atoms with Crippen LogP contribution in [0.2, 0.25) is 0 Å². The zero-order valence-electron chi connectivity index (χ0n) is 6.01. The Morgan fingerprint density at radius 2 is 2.11 bits per heavy atom. The first kappa shape index (κ1) is 6.33. The van der Waals surface area contributed by atoms with Crippen LogP contribution in [0.25, 0.3) is 0 Å². The van der Waals surface area contributed by atoms with Gasteiger partial charge in [-0.3, -0.25) is 4.79 Å². The molecule has 1 amide bonds. The molecule has 2 nitrogen and oxygen atoms in total. The molecule has 0 unspecified atom stereocenters. The van der Waals surface area contributed by atoms with Crippen LogP contribution in [-0.4, -0.2) is 17.9 Å². The Bertz CT molecular complexity index is 170. The number of carbonyl (C=O) groups excluding carboxylic acids is 1. The Kier molecular flexibility index (Phi) is 1.12. The lowest BCUT2D eigenvalue weighted by Crippen LogP contribution is -2.27. The third kappa shape index (κ3) is 0.846. The van der Waals surface area contributed by atoms with Crippen LogP contribution in [-0.2, 0) is 4.79 Å². The topological polar surface area (TPSA) is 20.3 Å². The first-order valence-electron chi connectivity index (χ1n) is 3.01. The standard InChI is InChI=1S/C7H11NO/c1-7(2)4-5-8(3)6(7)9/h4-5H,1-3H3. The van der Waals surface area contributed by atoms with Crippen LogP contribution in [0.4, 0.5) is 0 Å². The average molecular weight is 125 g/mol. The molecule has 0 N–H and O–H groups in total. The maximum absolute atomic E-state index is 11.1. The minimum atomic E-state index is -0.269.